The number of benzene rings is 2. The molecule has 0 aromatic heterocycles. The van der Waals surface area contributed by atoms with Crippen molar-refractivity contribution < 1.29 is 18.0 Å². The molecule has 9 heteroatoms. The van der Waals surface area contributed by atoms with Crippen LogP contribution in [-0.4, -0.2) is 50.5 Å². The molecule has 2 aromatic rings. The van der Waals surface area contributed by atoms with E-state index in [0.29, 0.717) is 35.1 Å². The molecule has 0 fully saturated rings. The van der Waals surface area contributed by atoms with Crippen LogP contribution in [-0.2, 0) is 14.8 Å². The molecular formula is C22H28ClN3O4S. The molecule has 0 saturated heterocycles. The Kier molecular flexibility index (Phi) is 8.47. The number of hydrogen-bond donors (Lipinski definition) is 1. The number of amides is 2. The zero-order chi connectivity index (χ0) is 23.2. The largest absolute Gasteiger partial charge is 0.339 e. The molecule has 0 unspecified atom stereocenters. The molecule has 2 amide bonds. The number of hydrogen-bond acceptors (Lipinski definition) is 4. The smallest absolute Gasteiger partial charge is 0.255 e. The molecule has 1 atom stereocenters. The van der Waals surface area contributed by atoms with Gasteiger partial charge in [0, 0.05) is 18.1 Å². The van der Waals surface area contributed by atoms with Crippen molar-refractivity contribution in [3.05, 3.63) is 59.1 Å². The van der Waals surface area contributed by atoms with E-state index in [1.807, 2.05) is 13.8 Å². The molecule has 31 heavy (non-hydrogen) atoms. The van der Waals surface area contributed by atoms with Crippen molar-refractivity contribution in [3.8, 4) is 0 Å². The van der Waals surface area contributed by atoms with Crippen LogP contribution in [0.1, 0.15) is 37.6 Å². The van der Waals surface area contributed by atoms with Crippen molar-refractivity contribution >= 4 is 44.8 Å². The van der Waals surface area contributed by atoms with E-state index in [-0.39, 0.29) is 12.3 Å². The Morgan fingerprint density at radius 1 is 1.00 bits per heavy atom. The van der Waals surface area contributed by atoms with Gasteiger partial charge in [0.25, 0.3) is 5.91 Å². The molecule has 0 aliphatic carbocycles. The highest BCUT2D eigenvalue weighted by Gasteiger charge is 2.32. The van der Waals surface area contributed by atoms with Crippen molar-refractivity contribution in [1.82, 2.24) is 4.90 Å². The summed E-state index contributed by atoms with van der Waals surface area (Å²) >= 11 is 5.93. The average Bonchev–Trinajstić information content (AvgIpc) is 2.73. The lowest BCUT2D eigenvalue weighted by molar-refractivity contribution is -0.117. The molecule has 0 radical (unpaired) electrons. The maximum Gasteiger partial charge on any atom is 0.255 e. The number of halogens is 1. The minimum Gasteiger partial charge on any atom is -0.339 e. The topological polar surface area (TPSA) is 86.8 Å². The maximum absolute atomic E-state index is 13.2. The highest BCUT2D eigenvalue weighted by molar-refractivity contribution is 7.92. The molecule has 2 rings (SSSR count). The molecule has 0 aliphatic rings. The molecule has 0 spiro atoms. The summed E-state index contributed by atoms with van der Waals surface area (Å²) in [5.41, 5.74) is 1.03. The van der Waals surface area contributed by atoms with Gasteiger partial charge in [-0.05, 0) is 56.7 Å². The summed E-state index contributed by atoms with van der Waals surface area (Å²) in [6.07, 6.45) is 1.28. The van der Waals surface area contributed by atoms with Gasteiger partial charge in [-0.2, -0.15) is 0 Å². The van der Waals surface area contributed by atoms with E-state index < -0.39 is 22.0 Å². The SMILES string of the molecule is CC[C@@H](C(=O)Nc1ccccc1C(=O)N(CC)CC)N(c1ccc(Cl)cc1)S(C)(=O)=O. The lowest BCUT2D eigenvalue weighted by atomic mass is 10.1. The van der Waals surface area contributed by atoms with E-state index in [0.717, 1.165) is 10.6 Å². The molecule has 1 N–H and O–H groups in total. The Hall–Kier alpha value is -2.58. The van der Waals surface area contributed by atoms with Crippen LogP contribution in [0.5, 0.6) is 0 Å². The standard InChI is InChI=1S/C22H28ClN3O4S/c1-5-20(26(31(4,29)30)17-14-12-16(23)13-15-17)21(27)24-19-11-9-8-10-18(19)22(28)25(6-2)7-3/h8-15,20H,5-7H2,1-4H3,(H,24,27)/t20-/m0/s1. The van der Waals surface area contributed by atoms with Gasteiger partial charge in [-0.3, -0.25) is 13.9 Å². The number of anilines is 2. The fraction of sp³-hybridized carbons (Fsp3) is 0.364. The summed E-state index contributed by atoms with van der Waals surface area (Å²) in [6.45, 7) is 6.56. The van der Waals surface area contributed by atoms with Crippen molar-refractivity contribution in [2.24, 2.45) is 0 Å². The third kappa shape index (κ3) is 5.98. The normalized spacial score (nSPS) is 12.2. The van der Waals surface area contributed by atoms with Gasteiger partial charge in [0.15, 0.2) is 0 Å². The van der Waals surface area contributed by atoms with Gasteiger partial charge in [-0.25, -0.2) is 8.42 Å². The monoisotopic (exact) mass is 465 g/mol. The van der Waals surface area contributed by atoms with Gasteiger partial charge in [0.1, 0.15) is 6.04 Å². The maximum atomic E-state index is 13.2. The molecule has 0 saturated carbocycles. The molecular weight excluding hydrogens is 438 g/mol. The second-order valence-electron chi connectivity index (χ2n) is 6.97. The highest BCUT2D eigenvalue weighted by atomic mass is 35.5. The Morgan fingerprint density at radius 2 is 1.58 bits per heavy atom. The van der Waals surface area contributed by atoms with Gasteiger partial charge in [-0.1, -0.05) is 30.7 Å². The first-order valence-corrected chi connectivity index (χ1v) is 12.3. The molecule has 0 heterocycles. The van der Waals surface area contributed by atoms with Crippen molar-refractivity contribution in [2.75, 3.05) is 29.0 Å². The van der Waals surface area contributed by atoms with Crippen LogP contribution >= 0.6 is 11.6 Å². The second kappa shape index (κ2) is 10.6. The summed E-state index contributed by atoms with van der Waals surface area (Å²) < 4.78 is 26.2. The summed E-state index contributed by atoms with van der Waals surface area (Å²) in [6, 6.07) is 11.9. The van der Waals surface area contributed by atoms with Gasteiger partial charge in [0.05, 0.1) is 23.2 Å². The predicted octanol–water partition coefficient (Wildman–Crippen LogP) is 4.01. The molecule has 0 aliphatic heterocycles. The summed E-state index contributed by atoms with van der Waals surface area (Å²) in [5.74, 6) is -0.728. The van der Waals surface area contributed by atoms with Gasteiger partial charge in [-0.15, -0.1) is 0 Å². The van der Waals surface area contributed by atoms with Crippen LogP contribution in [0.15, 0.2) is 48.5 Å². The lowest BCUT2D eigenvalue weighted by Crippen LogP contribution is -2.47. The number of carbonyl (C=O) groups is 2. The fourth-order valence-corrected chi connectivity index (χ4v) is 4.66. The van der Waals surface area contributed by atoms with Gasteiger partial charge in [0.2, 0.25) is 15.9 Å². The third-order valence-corrected chi connectivity index (χ3v) is 6.31. The number of nitrogens with zero attached hydrogens (tertiary/aromatic N) is 2. The first kappa shape index (κ1) is 24.7. The number of sulfonamides is 1. The highest BCUT2D eigenvalue weighted by Crippen LogP contribution is 2.26. The van der Waals surface area contributed by atoms with Gasteiger partial charge < -0.3 is 10.2 Å². The first-order valence-electron chi connectivity index (χ1n) is 10.1. The number of carbonyl (C=O) groups excluding carboxylic acids is 2. The van der Waals surface area contributed by atoms with Gasteiger partial charge >= 0.3 is 0 Å². The zero-order valence-electron chi connectivity index (χ0n) is 18.1. The summed E-state index contributed by atoms with van der Waals surface area (Å²) in [4.78, 5) is 27.7. The van der Waals surface area contributed by atoms with E-state index in [1.165, 1.54) is 0 Å². The number of nitrogens with one attached hydrogen (secondary N) is 1. The van der Waals surface area contributed by atoms with E-state index >= 15 is 0 Å². The van der Waals surface area contributed by atoms with Crippen LogP contribution in [0.3, 0.4) is 0 Å². The first-order chi connectivity index (χ1) is 14.6. The molecule has 0 bridgehead atoms. The average molecular weight is 466 g/mol. The quantitative estimate of drug-likeness (QED) is 0.606. The third-order valence-electron chi connectivity index (χ3n) is 4.88. The minimum atomic E-state index is -3.77. The van der Waals surface area contributed by atoms with Crippen LogP contribution in [0.25, 0.3) is 0 Å². The fourth-order valence-electron chi connectivity index (χ4n) is 3.32. The molecule has 168 valence electrons. The van der Waals surface area contributed by atoms with Crippen LogP contribution in [0.2, 0.25) is 5.02 Å². The van der Waals surface area contributed by atoms with E-state index in [2.05, 4.69) is 5.32 Å². The van der Waals surface area contributed by atoms with Crippen LogP contribution in [0, 0.1) is 0 Å². The summed E-state index contributed by atoms with van der Waals surface area (Å²) in [5, 5.41) is 3.22. The van der Waals surface area contributed by atoms with Crippen molar-refractivity contribution in [3.63, 3.8) is 0 Å². The zero-order valence-corrected chi connectivity index (χ0v) is 19.7. The van der Waals surface area contributed by atoms with Crippen LogP contribution in [0.4, 0.5) is 11.4 Å². The Labute approximate surface area is 189 Å². The van der Waals surface area contributed by atoms with E-state index in [1.54, 1.807) is 60.4 Å². The van der Waals surface area contributed by atoms with Crippen LogP contribution < -0.4 is 9.62 Å². The summed E-state index contributed by atoms with van der Waals surface area (Å²) in [7, 11) is -3.77. The molecule has 2 aromatic carbocycles. The van der Waals surface area contributed by atoms with Crippen molar-refractivity contribution in [2.45, 2.75) is 33.2 Å². The predicted molar refractivity (Wildman–Crippen MR) is 125 cm³/mol. The van der Waals surface area contributed by atoms with E-state index in [4.69, 9.17) is 11.6 Å². The number of para-hydroxylation sites is 1. The Morgan fingerprint density at radius 3 is 2.10 bits per heavy atom. The minimum absolute atomic E-state index is 0.202. The second-order valence-corrected chi connectivity index (χ2v) is 9.27. The lowest BCUT2D eigenvalue weighted by Gasteiger charge is -2.30. The van der Waals surface area contributed by atoms with E-state index in [9.17, 15) is 18.0 Å². The Balaban J connectivity index is 2.40. The Bertz CT molecular complexity index is 1020. The molecule has 7 nitrogen and oxygen atoms in total. The number of rotatable bonds is 9. The van der Waals surface area contributed by atoms with Crippen molar-refractivity contribution in [1.29, 1.82) is 0 Å².